The van der Waals surface area contributed by atoms with Crippen molar-refractivity contribution < 1.29 is 45.6 Å². The predicted molar refractivity (Wildman–Crippen MR) is 124 cm³/mol. The highest BCUT2D eigenvalue weighted by atomic mass is 19.4. The molecule has 0 aliphatic rings. The van der Waals surface area contributed by atoms with Gasteiger partial charge >= 0.3 is 18.3 Å². The number of ketones is 2. The van der Waals surface area contributed by atoms with E-state index >= 15 is 0 Å². The molecule has 0 radical (unpaired) electrons. The number of carbonyl (C=O) groups excluding carboxylic acids is 3. The Morgan fingerprint density at radius 1 is 0.892 bits per heavy atom. The van der Waals surface area contributed by atoms with Gasteiger partial charge in [-0.05, 0) is 56.2 Å². The van der Waals surface area contributed by atoms with Crippen LogP contribution in [0.3, 0.4) is 0 Å². The molecule has 0 amide bonds. The van der Waals surface area contributed by atoms with E-state index in [1.54, 1.807) is 17.6 Å². The zero-order valence-electron chi connectivity index (χ0n) is 19.8. The molecule has 0 saturated carbocycles. The summed E-state index contributed by atoms with van der Waals surface area (Å²) in [5.74, 6) is -3.60. The first-order valence-corrected chi connectivity index (χ1v) is 11.3. The summed E-state index contributed by atoms with van der Waals surface area (Å²) < 4.78 is 78.6. The molecular formula is C25H22F6N2O4. The normalized spacial score (nSPS) is 12.8. The number of nitrogens with zero attached hydrogens (tertiary/aromatic N) is 2. The number of rotatable bonds is 9. The molecule has 3 rings (SSSR count). The van der Waals surface area contributed by atoms with Gasteiger partial charge in [0.2, 0.25) is 5.78 Å². The number of benzene rings is 2. The molecule has 0 atom stereocenters. The maximum Gasteiger partial charge on any atom is 0.454 e. The fourth-order valence-electron chi connectivity index (χ4n) is 3.88. The molecule has 0 fully saturated rings. The number of hydrogen-bond donors (Lipinski definition) is 0. The molecular weight excluding hydrogens is 506 g/mol. The second-order valence-corrected chi connectivity index (χ2v) is 8.19. The minimum absolute atomic E-state index is 0.0199. The van der Waals surface area contributed by atoms with E-state index in [1.165, 1.54) is 25.1 Å². The third-order valence-electron chi connectivity index (χ3n) is 5.65. The van der Waals surface area contributed by atoms with Crippen LogP contribution in [0.2, 0.25) is 0 Å². The van der Waals surface area contributed by atoms with Crippen LogP contribution < -0.4 is 0 Å². The Balaban J connectivity index is 2.08. The summed E-state index contributed by atoms with van der Waals surface area (Å²) in [6.07, 6.45) is -11.7. The zero-order valence-corrected chi connectivity index (χ0v) is 19.8. The Kier molecular flexibility index (Phi) is 8.09. The van der Waals surface area contributed by atoms with Gasteiger partial charge in [-0.1, -0.05) is 12.1 Å². The van der Waals surface area contributed by atoms with Gasteiger partial charge in [0.1, 0.15) is 5.71 Å². The van der Waals surface area contributed by atoms with Gasteiger partial charge in [0.15, 0.2) is 0 Å². The molecule has 0 aliphatic heterocycles. The van der Waals surface area contributed by atoms with Crippen molar-refractivity contribution in [2.75, 3.05) is 0 Å². The molecule has 6 nitrogen and oxygen atoms in total. The van der Waals surface area contributed by atoms with Crippen molar-refractivity contribution in [3.63, 3.8) is 0 Å². The van der Waals surface area contributed by atoms with Gasteiger partial charge in [-0.15, -0.1) is 0 Å². The third kappa shape index (κ3) is 6.36. The van der Waals surface area contributed by atoms with Crippen LogP contribution in [0.15, 0.2) is 41.6 Å². The second-order valence-electron chi connectivity index (χ2n) is 8.19. The monoisotopic (exact) mass is 528 g/mol. The van der Waals surface area contributed by atoms with E-state index in [9.17, 15) is 40.7 Å². The molecule has 37 heavy (non-hydrogen) atoms. The molecule has 0 unspecified atom stereocenters. The Bertz CT molecular complexity index is 1390. The van der Waals surface area contributed by atoms with E-state index in [0.29, 0.717) is 23.0 Å². The number of halogens is 6. The number of aromatic nitrogens is 1. The van der Waals surface area contributed by atoms with Gasteiger partial charge < -0.3 is 9.40 Å². The Morgan fingerprint density at radius 2 is 1.46 bits per heavy atom. The first-order valence-electron chi connectivity index (χ1n) is 11.3. The van der Waals surface area contributed by atoms with E-state index < -0.39 is 60.4 Å². The van der Waals surface area contributed by atoms with Crippen LogP contribution in [0.5, 0.6) is 0 Å². The van der Waals surface area contributed by atoms with Gasteiger partial charge in [-0.2, -0.15) is 26.3 Å². The lowest BCUT2D eigenvalue weighted by Gasteiger charge is -2.08. The molecule has 2 aromatic carbocycles. The Hall–Kier alpha value is -3.70. The van der Waals surface area contributed by atoms with Gasteiger partial charge in [0.25, 0.3) is 5.78 Å². The molecule has 3 aromatic rings. The van der Waals surface area contributed by atoms with Crippen molar-refractivity contribution >= 4 is 45.1 Å². The smallest absolute Gasteiger partial charge is 0.341 e. The number of fused-ring (bicyclic) bond motifs is 3. The van der Waals surface area contributed by atoms with Crippen molar-refractivity contribution in [3.05, 3.63) is 47.5 Å². The van der Waals surface area contributed by atoms with Crippen molar-refractivity contribution in [1.82, 2.24) is 4.57 Å². The lowest BCUT2D eigenvalue weighted by atomic mass is 9.99. The number of oxime groups is 1. The van der Waals surface area contributed by atoms with Crippen molar-refractivity contribution in [2.45, 2.75) is 58.4 Å². The standard InChI is InChI=1S/C25H22F6N2O4/c1-3-21(34)37-32-18(6-5-11-24(26,27)28)22(35)14-7-9-19-16(12-14)17-13-15(23(36)25(29,30)31)8-10-20(17)33(19)4-2/h7-10,12-13H,3-6,11H2,1-2H3/b32-18-. The molecule has 1 aromatic heterocycles. The minimum atomic E-state index is -5.07. The second kappa shape index (κ2) is 10.7. The largest absolute Gasteiger partial charge is 0.454 e. The van der Waals surface area contributed by atoms with Crippen LogP contribution >= 0.6 is 0 Å². The lowest BCUT2D eigenvalue weighted by Crippen LogP contribution is -2.22. The van der Waals surface area contributed by atoms with Crippen LogP contribution in [0, 0.1) is 0 Å². The molecule has 198 valence electrons. The summed E-state index contributed by atoms with van der Waals surface area (Å²) in [7, 11) is 0. The number of alkyl halides is 6. The van der Waals surface area contributed by atoms with E-state index in [-0.39, 0.29) is 17.4 Å². The molecule has 0 saturated heterocycles. The van der Waals surface area contributed by atoms with E-state index in [4.69, 9.17) is 0 Å². The van der Waals surface area contributed by atoms with Gasteiger partial charge in [-0.25, -0.2) is 4.79 Å². The summed E-state index contributed by atoms with van der Waals surface area (Å²) in [6.45, 7) is 3.70. The minimum Gasteiger partial charge on any atom is -0.341 e. The lowest BCUT2D eigenvalue weighted by molar-refractivity contribution is -0.143. The molecule has 12 heteroatoms. The maximum atomic E-state index is 13.2. The Morgan fingerprint density at radius 3 is 1.97 bits per heavy atom. The fourth-order valence-corrected chi connectivity index (χ4v) is 3.88. The highest BCUT2D eigenvalue weighted by molar-refractivity contribution is 6.46. The molecule has 1 heterocycles. The predicted octanol–water partition coefficient (Wildman–Crippen LogP) is 6.78. The first-order chi connectivity index (χ1) is 17.3. The molecule has 0 aliphatic carbocycles. The molecule has 0 N–H and O–H groups in total. The van der Waals surface area contributed by atoms with Gasteiger partial charge in [0, 0.05) is 52.3 Å². The summed E-state index contributed by atoms with van der Waals surface area (Å²) in [5, 5.41) is 4.14. The highest BCUT2D eigenvalue weighted by Gasteiger charge is 2.39. The van der Waals surface area contributed by atoms with Gasteiger partial charge in [-0.3, -0.25) is 9.59 Å². The Labute approximate surface area is 206 Å². The first kappa shape index (κ1) is 27.9. The van der Waals surface area contributed by atoms with Crippen molar-refractivity contribution in [3.8, 4) is 0 Å². The summed E-state index contributed by atoms with van der Waals surface area (Å²) in [4.78, 5) is 41.1. The van der Waals surface area contributed by atoms with Crippen LogP contribution in [0.25, 0.3) is 21.8 Å². The van der Waals surface area contributed by atoms with E-state index in [2.05, 4.69) is 9.99 Å². The third-order valence-corrected chi connectivity index (χ3v) is 5.65. The van der Waals surface area contributed by atoms with Crippen molar-refractivity contribution in [1.29, 1.82) is 0 Å². The van der Waals surface area contributed by atoms with Crippen LogP contribution in [0.1, 0.15) is 60.2 Å². The summed E-state index contributed by atoms with van der Waals surface area (Å²) in [6, 6.07) is 7.86. The fraction of sp³-hybridized carbons (Fsp3) is 0.360. The highest BCUT2D eigenvalue weighted by Crippen LogP contribution is 2.33. The summed E-state index contributed by atoms with van der Waals surface area (Å²) >= 11 is 0. The average molecular weight is 528 g/mol. The SMILES string of the molecule is CCC(=O)O/N=C(/CCCC(F)(F)F)C(=O)c1ccc2c(c1)c1cc(C(=O)C(F)(F)F)ccc1n2CC. The van der Waals surface area contributed by atoms with Crippen LogP contribution in [-0.2, 0) is 16.2 Å². The number of aryl methyl sites for hydroxylation is 1. The van der Waals surface area contributed by atoms with Gasteiger partial charge in [0.05, 0.1) is 0 Å². The summed E-state index contributed by atoms with van der Waals surface area (Å²) in [5.41, 5.74) is 0.0919. The molecule has 0 bridgehead atoms. The zero-order chi connectivity index (χ0) is 27.5. The number of carbonyl (C=O) groups is 3. The topological polar surface area (TPSA) is 77.7 Å². The maximum absolute atomic E-state index is 13.2. The molecule has 0 spiro atoms. The van der Waals surface area contributed by atoms with Crippen LogP contribution in [-0.4, -0.2) is 40.2 Å². The van der Waals surface area contributed by atoms with Crippen molar-refractivity contribution in [2.24, 2.45) is 5.16 Å². The number of hydrogen-bond acceptors (Lipinski definition) is 5. The quantitative estimate of drug-likeness (QED) is 0.101. The van der Waals surface area contributed by atoms with E-state index in [1.807, 2.05) is 0 Å². The van der Waals surface area contributed by atoms with Crippen LogP contribution in [0.4, 0.5) is 26.3 Å². The average Bonchev–Trinajstić information content (AvgIpc) is 3.15. The number of Topliss-reactive ketones (excluding diaryl/α,β-unsaturated/α-hetero) is 2. The van der Waals surface area contributed by atoms with E-state index in [0.717, 1.165) is 12.1 Å².